The Kier molecular flexibility index (Phi) is 2.39. The van der Waals surface area contributed by atoms with Crippen molar-refractivity contribution in [3.8, 4) is 0 Å². The summed E-state index contributed by atoms with van der Waals surface area (Å²) >= 11 is 3.07. The zero-order valence-electron chi connectivity index (χ0n) is 5.60. The second-order valence-electron chi connectivity index (χ2n) is 2.05. The van der Waals surface area contributed by atoms with E-state index < -0.39 is 11.6 Å². The van der Waals surface area contributed by atoms with Crippen molar-refractivity contribution >= 4 is 21.7 Å². The lowest BCUT2D eigenvalue weighted by molar-refractivity contribution is 0.104. The Hall–Kier alpha value is -0.700. The number of hydrogen-bond acceptors (Lipinski definition) is 1. The van der Waals surface area contributed by atoms with Gasteiger partial charge < -0.3 is 0 Å². The Morgan fingerprint density at radius 3 is 2.64 bits per heavy atom. The molecule has 0 saturated carbocycles. The van der Waals surface area contributed by atoms with Gasteiger partial charge in [-0.25, -0.2) is 4.39 Å². The molecule has 0 amide bonds. The lowest BCUT2D eigenvalue weighted by Crippen LogP contribution is -1.96. The molecule has 1 aromatic rings. The predicted molar refractivity (Wildman–Crippen MR) is 43.8 cm³/mol. The summed E-state index contributed by atoms with van der Waals surface area (Å²) < 4.78 is 13.4. The Bertz CT molecular complexity index is 296. The van der Waals surface area contributed by atoms with E-state index in [1.54, 1.807) is 6.07 Å². The van der Waals surface area contributed by atoms with Crippen LogP contribution < -0.4 is 0 Å². The molecule has 0 aliphatic carbocycles. The molecule has 0 aliphatic heterocycles. The van der Waals surface area contributed by atoms with Gasteiger partial charge in [-0.05, 0) is 18.2 Å². The van der Waals surface area contributed by atoms with Gasteiger partial charge in [0.25, 0.3) is 0 Å². The summed E-state index contributed by atoms with van der Waals surface area (Å²) in [6, 6.07) is 4.23. The maximum Gasteiger partial charge on any atom is 0.166 e. The molecule has 0 fully saturated rings. The van der Waals surface area contributed by atoms with Crippen molar-refractivity contribution in [2.45, 2.75) is 0 Å². The molecule has 0 spiro atoms. The van der Waals surface area contributed by atoms with E-state index in [4.69, 9.17) is 0 Å². The molecule has 0 bridgehead atoms. The number of carbonyl (C=O) groups is 1. The number of carbonyl (C=O) groups excluding carboxylic acids is 1. The highest BCUT2D eigenvalue weighted by Crippen LogP contribution is 2.15. The van der Waals surface area contributed by atoms with E-state index in [0.717, 1.165) is 0 Å². The molecule has 57 valence electrons. The molecule has 0 aromatic heterocycles. The average Bonchev–Trinajstić information content (AvgIpc) is 1.85. The summed E-state index contributed by atoms with van der Waals surface area (Å²) in [6.45, 7) is 3.11. The van der Waals surface area contributed by atoms with Gasteiger partial charge in [-0.1, -0.05) is 15.9 Å². The van der Waals surface area contributed by atoms with Crippen LogP contribution in [-0.2, 0) is 0 Å². The summed E-state index contributed by atoms with van der Waals surface area (Å²) in [5, 5.41) is 0. The molecule has 0 saturated heterocycles. The van der Waals surface area contributed by atoms with Crippen LogP contribution in [0.1, 0.15) is 10.4 Å². The normalized spacial score (nSPS) is 9.73. The molecule has 0 N–H and O–H groups in total. The van der Waals surface area contributed by atoms with Crippen molar-refractivity contribution in [3.05, 3.63) is 41.0 Å². The lowest BCUT2D eigenvalue weighted by atomic mass is 10.1. The second-order valence-corrected chi connectivity index (χ2v) is 2.96. The minimum Gasteiger partial charge on any atom is -0.294 e. The summed E-state index contributed by atoms with van der Waals surface area (Å²) in [7, 11) is 0. The lowest BCUT2D eigenvalue weighted by Gasteiger charge is -1.97. The van der Waals surface area contributed by atoms with Gasteiger partial charge >= 0.3 is 0 Å². The van der Waals surface area contributed by atoms with Crippen LogP contribution in [0.4, 0.5) is 4.39 Å². The minimum absolute atomic E-state index is 0.0215. The van der Waals surface area contributed by atoms with Crippen LogP contribution in [0.2, 0.25) is 0 Å². The molecule has 0 aliphatic rings. The van der Waals surface area contributed by atoms with Crippen LogP contribution in [0.15, 0.2) is 22.7 Å². The van der Waals surface area contributed by atoms with Crippen molar-refractivity contribution in [2.24, 2.45) is 0 Å². The van der Waals surface area contributed by atoms with Crippen molar-refractivity contribution in [1.29, 1.82) is 0 Å². The third kappa shape index (κ3) is 1.87. The first-order chi connectivity index (χ1) is 5.11. The molecule has 1 aromatic carbocycles. The molecule has 1 radical (unpaired) electrons. The third-order valence-corrected chi connectivity index (χ3v) is 1.72. The van der Waals surface area contributed by atoms with E-state index >= 15 is 0 Å². The summed E-state index contributed by atoms with van der Waals surface area (Å²) in [5.74, 6) is -1.05. The fourth-order valence-corrected chi connectivity index (χ4v) is 1.05. The van der Waals surface area contributed by atoms with Gasteiger partial charge in [-0.15, -0.1) is 0 Å². The van der Waals surface area contributed by atoms with Gasteiger partial charge in [0.15, 0.2) is 5.78 Å². The van der Waals surface area contributed by atoms with Crippen LogP contribution in [0.25, 0.3) is 0 Å². The predicted octanol–water partition coefficient (Wildman–Crippen LogP) is 2.60. The smallest absolute Gasteiger partial charge is 0.166 e. The van der Waals surface area contributed by atoms with E-state index in [1.807, 2.05) is 0 Å². The number of Topliss-reactive ketones (excluding diaryl/α,β-unsaturated/α-hetero) is 1. The zero-order chi connectivity index (χ0) is 8.43. The first kappa shape index (κ1) is 8.40. The Balaban J connectivity index is 3.20. The first-order valence-corrected chi connectivity index (χ1v) is 3.72. The van der Waals surface area contributed by atoms with E-state index in [9.17, 15) is 9.18 Å². The molecule has 0 heterocycles. The summed E-state index contributed by atoms with van der Waals surface area (Å²) in [4.78, 5) is 10.6. The van der Waals surface area contributed by atoms with Gasteiger partial charge in [-0.3, -0.25) is 4.79 Å². The topological polar surface area (TPSA) is 17.1 Å². The van der Waals surface area contributed by atoms with Gasteiger partial charge in [0.2, 0.25) is 0 Å². The van der Waals surface area contributed by atoms with E-state index in [0.29, 0.717) is 4.47 Å². The monoisotopic (exact) mass is 215 g/mol. The molecule has 3 heteroatoms. The first-order valence-electron chi connectivity index (χ1n) is 2.92. The van der Waals surface area contributed by atoms with Crippen LogP contribution in [-0.4, -0.2) is 5.78 Å². The van der Waals surface area contributed by atoms with Gasteiger partial charge in [0.1, 0.15) is 5.82 Å². The number of rotatable bonds is 1. The Labute approximate surface area is 72.4 Å². The summed E-state index contributed by atoms with van der Waals surface area (Å²) in [5.41, 5.74) is 0.0215. The standard InChI is InChI=1S/C8H5BrFO/c1-5(11)7-3-2-6(9)4-8(7)10/h2-4H,1H2. The van der Waals surface area contributed by atoms with Gasteiger partial charge in [0.05, 0.1) is 5.56 Å². The SMILES string of the molecule is [CH2]C(=O)c1ccc(Br)cc1F. The van der Waals surface area contributed by atoms with Crippen LogP contribution >= 0.6 is 15.9 Å². The fraction of sp³-hybridized carbons (Fsp3) is 0. The van der Waals surface area contributed by atoms with Crippen LogP contribution in [0.5, 0.6) is 0 Å². The number of halogens is 2. The van der Waals surface area contributed by atoms with Gasteiger partial charge in [0, 0.05) is 11.4 Å². The zero-order valence-corrected chi connectivity index (χ0v) is 7.19. The maximum atomic E-state index is 12.8. The van der Waals surface area contributed by atoms with Crippen molar-refractivity contribution in [3.63, 3.8) is 0 Å². The summed E-state index contributed by atoms with van der Waals surface area (Å²) in [6.07, 6.45) is 0. The Morgan fingerprint density at radius 2 is 2.18 bits per heavy atom. The van der Waals surface area contributed by atoms with E-state index in [1.165, 1.54) is 12.1 Å². The van der Waals surface area contributed by atoms with E-state index in [-0.39, 0.29) is 5.56 Å². The van der Waals surface area contributed by atoms with Crippen LogP contribution in [0, 0.1) is 12.7 Å². The molecule has 0 unspecified atom stereocenters. The highest BCUT2D eigenvalue weighted by molar-refractivity contribution is 9.10. The van der Waals surface area contributed by atoms with Crippen molar-refractivity contribution in [1.82, 2.24) is 0 Å². The number of benzene rings is 1. The van der Waals surface area contributed by atoms with Crippen molar-refractivity contribution in [2.75, 3.05) is 0 Å². The quantitative estimate of drug-likeness (QED) is 0.659. The molecule has 1 rings (SSSR count). The van der Waals surface area contributed by atoms with Crippen LogP contribution in [0.3, 0.4) is 0 Å². The number of hydrogen-bond donors (Lipinski definition) is 0. The maximum absolute atomic E-state index is 12.8. The highest BCUT2D eigenvalue weighted by Gasteiger charge is 2.05. The van der Waals surface area contributed by atoms with Gasteiger partial charge in [-0.2, -0.15) is 0 Å². The molecule has 0 atom stereocenters. The third-order valence-electron chi connectivity index (χ3n) is 1.23. The molecular formula is C8H5BrFO. The van der Waals surface area contributed by atoms with E-state index in [2.05, 4.69) is 22.9 Å². The number of ketones is 1. The molecular weight excluding hydrogens is 211 g/mol. The van der Waals surface area contributed by atoms with Crippen molar-refractivity contribution < 1.29 is 9.18 Å². The Morgan fingerprint density at radius 1 is 1.55 bits per heavy atom. The molecule has 11 heavy (non-hydrogen) atoms. The molecule has 1 nitrogen and oxygen atoms in total. The second kappa shape index (κ2) is 3.13. The minimum atomic E-state index is -0.542. The fourth-order valence-electron chi connectivity index (χ4n) is 0.716. The average molecular weight is 216 g/mol. The highest BCUT2D eigenvalue weighted by atomic mass is 79.9. The largest absolute Gasteiger partial charge is 0.294 e.